The summed E-state index contributed by atoms with van der Waals surface area (Å²) in [5.41, 5.74) is 1.64. The molecule has 202 valence electrons. The van der Waals surface area contributed by atoms with Crippen LogP contribution in [-0.4, -0.2) is 34.1 Å². The molecule has 0 spiro atoms. The number of hydrogen-bond acceptors (Lipinski definition) is 5. The van der Waals surface area contributed by atoms with Crippen LogP contribution in [0.2, 0.25) is 0 Å². The van der Waals surface area contributed by atoms with Gasteiger partial charge in [0.05, 0.1) is 23.7 Å². The predicted octanol–water partition coefficient (Wildman–Crippen LogP) is 3.31. The van der Waals surface area contributed by atoms with Crippen molar-refractivity contribution in [1.29, 1.82) is 0 Å². The van der Waals surface area contributed by atoms with E-state index in [4.69, 9.17) is 4.74 Å². The topological polar surface area (TPSA) is 111 Å². The molecule has 9 nitrogen and oxygen atoms in total. The molecule has 1 atom stereocenters. The van der Waals surface area contributed by atoms with Crippen molar-refractivity contribution in [2.75, 3.05) is 7.11 Å². The number of aromatic nitrogens is 2. The second-order valence-electron chi connectivity index (χ2n) is 9.48. The smallest absolute Gasteiger partial charge is 0.336 e. The molecule has 0 bridgehead atoms. The van der Waals surface area contributed by atoms with Crippen molar-refractivity contribution in [3.8, 4) is 11.4 Å². The molecular formula is C30H32N4O5. The lowest BCUT2D eigenvalue weighted by atomic mass is 10.1. The third-order valence-corrected chi connectivity index (χ3v) is 6.63. The van der Waals surface area contributed by atoms with Gasteiger partial charge in [0.1, 0.15) is 12.3 Å². The van der Waals surface area contributed by atoms with E-state index in [-0.39, 0.29) is 40.9 Å². The summed E-state index contributed by atoms with van der Waals surface area (Å²) < 4.78 is 7.44. The Balaban J connectivity index is 1.78. The number of carbonyl (C=O) groups excluding carboxylic acids is 2. The highest BCUT2D eigenvalue weighted by molar-refractivity contribution is 5.98. The van der Waals surface area contributed by atoms with Crippen LogP contribution in [0.4, 0.5) is 0 Å². The highest BCUT2D eigenvalue weighted by atomic mass is 16.5. The van der Waals surface area contributed by atoms with Gasteiger partial charge in [0, 0.05) is 18.2 Å². The van der Waals surface area contributed by atoms with Crippen LogP contribution in [0.3, 0.4) is 0 Å². The molecule has 0 unspecified atom stereocenters. The van der Waals surface area contributed by atoms with Crippen LogP contribution < -0.4 is 26.6 Å². The largest absolute Gasteiger partial charge is 0.497 e. The Bertz CT molecular complexity index is 1620. The van der Waals surface area contributed by atoms with E-state index in [1.165, 1.54) is 23.8 Å². The van der Waals surface area contributed by atoms with Gasteiger partial charge >= 0.3 is 5.69 Å². The minimum Gasteiger partial charge on any atom is -0.497 e. The molecule has 39 heavy (non-hydrogen) atoms. The fraction of sp³-hybridized carbons (Fsp3) is 0.267. The first-order chi connectivity index (χ1) is 18.7. The van der Waals surface area contributed by atoms with Gasteiger partial charge in [-0.2, -0.15) is 0 Å². The van der Waals surface area contributed by atoms with E-state index in [0.717, 1.165) is 22.1 Å². The zero-order valence-electron chi connectivity index (χ0n) is 22.5. The lowest BCUT2D eigenvalue weighted by Crippen LogP contribution is -2.43. The maximum atomic E-state index is 13.7. The summed E-state index contributed by atoms with van der Waals surface area (Å²) in [6.45, 7) is 5.80. The van der Waals surface area contributed by atoms with Crippen molar-refractivity contribution in [2.24, 2.45) is 0 Å². The zero-order chi connectivity index (χ0) is 28.1. The van der Waals surface area contributed by atoms with E-state index >= 15 is 0 Å². The van der Waals surface area contributed by atoms with Crippen LogP contribution in [0.1, 0.15) is 41.8 Å². The molecule has 4 rings (SSSR count). The first-order valence-corrected chi connectivity index (χ1v) is 12.8. The Morgan fingerprint density at radius 1 is 0.974 bits per heavy atom. The van der Waals surface area contributed by atoms with Crippen LogP contribution >= 0.6 is 0 Å². The van der Waals surface area contributed by atoms with Gasteiger partial charge < -0.3 is 15.4 Å². The standard InChI is InChI=1S/C30H32N4O5/c1-5-20(3)32-27(35)18-33-26-16-22(28(36)31-17-21-8-6-19(2)7-9-21)10-15-25(26)29(37)34(30(33)38)23-11-13-24(39-4)14-12-23/h6-16,20H,5,17-18H2,1-4H3,(H,31,36)(H,32,35)/t20-/m1/s1. The van der Waals surface area contributed by atoms with Gasteiger partial charge in [-0.15, -0.1) is 0 Å². The number of benzene rings is 3. The van der Waals surface area contributed by atoms with Gasteiger partial charge in [-0.1, -0.05) is 36.8 Å². The van der Waals surface area contributed by atoms with Crippen LogP contribution in [0.5, 0.6) is 5.75 Å². The Morgan fingerprint density at radius 3 is 2.31 bits per heavy atom. The van der Waals surface area contributed by atoms with E-state index in [1.54, 1.807) is 30.3 Å². The number of carbonyl (C=O) groups is 2. The van der Waals surface area contributed by atoms with Gasteiger partial charge in [0.15, 0.2) is 0 Å². The summed E-state index contributed by atoms with van der Waals surface area (Å²) in [5, 5.41) is 5.93. The summed E-state index contributed by atoms with van der Waals surface area (Å²) >= 11 is 0. The number of nitrogens with one attached hydrogen (secondary N) is 2. The number of rotatable bonds is 9. The number of aryl methyl sites for hydroxylation is 1. The molecule has 2 amide bonds. The number of nitrogens with zero attached hydrogens (tertiary/aromatic N) is 2. The SMILES string of the molecule is CC[C@@H](C)NC(=O)Cn1c(=O)n(-c2ccc(OC)cc2)c(=O)c2ccc(C(=O)NCc3ccc(C)cc3)cc21. The number of ether oxygens (including phenoxy) is 1. The molecule has 0 radical (unpaired) electrons. The Labute approximate surface area is 226 Å². The van der Waals surface area contributed by atoms with E-state index in [2.05, 4.69) is 10.6 Å². The minimum absolute atomic E-state index is 0.0879. The maximum Gasteiger partial charge on any atom is 0.336 e. The van der Waals surface area contributed by atoms with Gasteiger partial charge in [-0.3, -0.25) is 19.0 Å². The first kappa shape index (κ1) is 27.4. The molecule has 3 aromatic carbocycles. The predicted molar refractivity (Wildman–Crippen MR) is 151 cm³/mol. The third-order valence-electron chi connectivity index (χ3n) is 6.63. The molecule has 0 saturated carbocycles. The normalized spacial score (nSPS) is 11.7. The fourth-order valence-corrected chi connectivity index (χ4v) is 4.18. The third kappa shape index (κ3) is 6.09. The second-order valence-corrected chi connectivity index (χ2v) is 9.48. The Morgan fingerprint density at radius 2 is 1.67 bits per heavy atom. The average Bonchev–Trinajstić information content (AvgIpc) is 2.94. The number of fused-ring (bicyclic) bond motifs is 1. The van der Waals surface area contributed by atoms with Gasteiger partial charge in [0.2, 0.25) is 5.91 Å². The number of methoxy groups -OCH3 is 1. The summed E-state index contributed by atoms with van der Waals surface area (Å²) in [6, 6.07) is 18.8. The zero-order valence-corrected chi connectivity index (χ0v) is 22.5. The molecule has 0 aliphatic heterocycles. The lowest BCUT2D eigenvalue weighted by Gasteiger charge is -2.17. The first-order valence-electron chi connectivity index (χ1n) is 12.8. The Kier molecular flexibility index (Phi) is 8.29. The van der Waals surface area contributed by atoms with Crippen molar-refractivity contribution in [2.45, 2.75) is 46.3 Å². The molecule has 0 aliphatic carbocycles. The van der Waals surface area contributed by atoms with Gasteiger partial charge in [-0.05, 0) is 68.3 Å². The molecule has 0 aliphatic rings. The van der Waals surface area contributed by atoms with Crippen LogP contribution in [-0.2, 0) is 17.9 Å². The molecular weight excluding hydrogens is 496 g/mol. The molecule has 2 N–H and O–H groups in total. The van der Waals surface area contributed by atoms with Crippen molar-refractivity contribution in [3.05, 3.63) is 104 Å². The highest BCUT2D eigenvalue weighted by Crippen LogP contribution is 2.16. The summed E-state index contributed by atoms with van der Waals surface area (Å²) in [6.07, 6.45) is 0.720. The summed E-state index contributed by atoms with van der Waals surface area (Å²) in [5.74, 6) is -0.163. The van der Waals surface area contributed by atoms with Crippen LogP contribution in [0.15, 0.2) is 76.3 Å². The minimum atomic E-state index is -0.686. The van der Waals surface area contributed by atoms with Gasteiger partial charge in [0.25, 0.3) is 11.5 Å². The molecule has 1 aromatic heterocycles. The van der Waals surface area contributed by atoms with Crippen molar-refractivity contribution < 1.29 is 14.3 Å². The van der Waals surface area contributed by atoms with Crippen molar-refractivity contribution >= 4 is 22.7 Å². The van der Waals surface area contributed by atoms with Crippen LogP contribution in [0, 0.1) is 6.92 Å². The second kappa shape index (κ2) is 11.8. The summed E-state index contributed by atoms with van der Waals surface area (Å²) in [4.78, 5) is 53.0. The lowest BCUT2D eigenvalue weighted by molar-refractivity contribution is -0.122. The monoisotopic (exact) mass is 528 g/mol. The molecule has 0 saturated heterocycles. The van der Waals surface area contributed by atoms with Crippen LogP contribution in [0.25, 0.3) is 16.6 Å². The van der Waals surface area contributed by atoms with E-state index in [0.29, 0.717) is 18.0 Å². The average molecular weight is 529 g/mol. The number of hydrogen-bond donors (Lipinski definition) is 2. The molecule has 0 fully saturated rings. The fourth-order valence-electron chi connectivity index (χ4n) is 4.18. The molecule has 9 heteroatoms. The van der Waals surface area contributed by atoms with Crippen molar-refractivity contribution in [3.63, 3.8) is 0 Å². The summed E-state index contributed by atoms with van der Waals surface area (Å²) in [7, 11) is 1.52. The molecule has 4 aromatic rings. The molecule has 1 heterocycles. The van der Waals surface area contributed by atoms with Gasteiger partial charge in [-0.25, -0.2) is 9.36 Å². The highest BCUT2D eigenvalue weighted by Gasteiger charge is 2.19. The van der Waals surface area contributed by atoms with E-state index < -0.39 is 11.2 Å². The quantitative estimate of drug-likeness (QED) is 0.346. The Hall–Kier alpha value is -4.66. The number of amides is 2. The van der Waals surface area contributed by atoms with E-state index in [9.17, 15) is 19.2 Å². The maximum absolute atomic E-state index is 13.7. The van der Waals surface area contributed by atoms with Crippen molar-refractivity contribution in [1.82, 2.24) is 19.8 Å². The van der Waals surface area contributed by atoms with E-state index in [1.807, 2.05) is 45.0 Å².